The fraction of sp³-hybridized carbons (Fsp3) is 0.640. The minimum atomic E-state index is -3.05. The highest BCUT2D eigenvalue weighted by molar-refractivity contribution is 5.89. The van der Waals surface area contributed by atoms with E-state index in [4.69, 9.17) is 4.74 Å². The van der Waals surface area contributed by atoms with Crippen LogP contribution in [0.4, 0.5) is 8.78 Å². The second-order valence-electron chi connectivity index (χ2n) is 8.90. The highest BCUT2D eigenvalue weighted by Crippen LogP contribution is 2.43. The zero-order valence-corrected chi connectivity index (χ0v) is 19.6. The smallest absolute Gasteiger partial charge is 0.338 e. The van der Waals surface area contributed by atoms with Crippen molar-refractivity contribution in [2.45, 2.75) is 97.1 Å². The molecule has 0 aliphatic heterocycles. The van der Waals surface area contributed by atoms with Crippen LogP contribution in [0, 0.1) is 5.92 Å². The van der Waals surface area contributed by atoms with Crippen molar-refractivity contribution < 1.29 is 18.3 Å². The second-order valence-corrected chi connectivity index (χ2v) is 8.90. The van der Waals surface area contributed by atoms with Gasteiger partial charge in [0.1, 0.15) is 6.10 Å². The lowest BCUT2D eigenvalue weighted by molar-refractivity contribution is -0.0751. The molecule has 2 unspecified atom stereocenters. The number of halogens is 2. The SMILES string of the molecule is CCC(CC)OC(=O)c1ccc(CC2CCCCc3c(nnn3C(C)CC)C2(F)F)cc1. The first-order chi connectivity index (χ1) is 15.3. The summed E-state index contributed by atoms with van der Waals surface area (Å²) < 4.78 is 38.4. The highest BCUT2D eigenvalue weighted by Gasteiger charge is 2.46. The molecule has 0 N–H and O–H groups in total. The average molecular weight is 448 g/mol. The first-order valence-electron chi connectivity index (χ1n) is 11.9. The number of carbonyl (C=O) groups is 1. The number of hydrogen-bond acceptors (Lipinski definition) is 4. The summed E-state index contributed by atoms with van der Waals surface area (Å²) in [6.45, 7) is 7.96. The van der Waals surface area contributed by atoms with Crippen molar-refractivity contribution in [3.63, 3.8) is 0 Å². The van der Waals surface area contributed by atoms with Crippen LogP contribution in [-0.2, 0) is 23.5 Å². The van der Waals surface area contributed by atoms with Crippen molar-refractivity contribution in [3.8, 4) is 0 Å². The van der Waals surface area contributed by atoms with E-state index in [0.29, 0.717) is 24.1 Å². The molecule has 7 heteroatoms. The molecule has 2 atom stereocenters. The van der Waals surface area contributed by atoms with E-state index in [9.17, 15) is 4.79 Å². The lowest BCUT2D eigenvalue weighted by Crippen LogP contribution is -2.31. The Kier molecular flexibility index (Phi) is 8.01. The molecule has 0 saturated carbocycles. The van der Waals surface area contributed by atoms with Crippen molar-refractivity contribution in [2.75, 3.05) is 0 Å². The molecule has 1 aromatic carbocycles. The number of esters is 1. The van der Waals surface area contributed by atoms with E-state index < -0.39 is 11.8 Å². The monoisotopic (exact) mass is 447 g/mol. The molecule has 0 bridgehead atoms. The molecule has 0 saturated heterocycles. The van der Waals surface area contributed by atoms with Crippen molar-refractivity contribution in [1.82, 2.24) is 15.0 Å². The number of aromatic nitrogens is 3. The molecular weight excluding hydrogens is 412 g/mol. The number of fused-ring (bicyclic) bond motifs is 1. The van der Waals surface area contributed by atoms with Gasteiger partial charge in [0.05, 0.1) is 17.3 Å². The van der Waals surface area contributed by atoms with Gasteiger partial charge >= 0.3 is 5.97 Å². The Balaban J connectivity index is 1.78. The number of alkyl halides is 2. The summed E-state index contributed by atoms with van der Waals surface area (Å²) in [5, 5.41) is 8.05. The van der Waals surface area contributed by atoms with Crippen LogP contribution < -0.4 is 0 Å². The summed E-state index contributed by atoms with van der Waals surface area (Å²) in [5.74, 6) is -4.27. The van der Waals surface area contributed by atoms with Crippen LogP contribution >= 0.6 is 0 Å². The quantitative estimate of drug-likeness (QED) is 0.448. The Morgan fingerprint density at radius 3 is 2.47 bits per heavy atom. The minimum Gasteiger partial charge on any atom is -0.459 e. The van der Waals surface area contributed by atoms with Gasteiger partial charge < -0.3 is 4.74 Å². The fourth-order valence-electron chi connectivity index (χ4n) is 4.36. The molecule has 1 aliphatic carbocycles. The van der Waals surface area contributed by atoms with Gasteiger partial charge in [-0.05, 0) is 69.6 Å². The number of nitrogens with zero attached hydrogens (tertiary/aromatic N) is 3. The summed E-state index contributed by atoms with van der Waals surface area (Å²) in [7, 11) is 0. The largest absolute Gasteiger partial charge is 0.459 e. The van der Waals surface area contributed by atoms with E-state index in [1.54, 1.807) is 28.9 Å². The predicted octanol–water partition coefficient (Wildman–Crippen LogP) is 6.27. The van der Waals surface area contributed by atoms with Crippen LogP contribution in [0.5, 0.6) is 0 Å². The number of rotatable bonds is 8. The molecule has 0 spiro atoms. The van der Waals surface area contributed by atoms with E-state index in [1.165, 1.54) is 0 Å². The Labute approximate surface area is 189 Å². The Bertz CT molecular complexity index is 891. The van der Waals surface area contributed by atoms with E-state index in [1.807, 2.05) is 27.7 Å². The zero-order valence-electron chi connectivity index (χ0n) is 19.6. The third-order valence-corrected chi connectivity index (χ3v) is 6.70. The Hall–Kier alpha value is -2.31. The number of ether oxygens (including phenoxy) is 1. The Morgan fingerprint density at radius 1 is 1.16 bits per heavy atom. The summed E-state index contributed by atoms with van der Waals surface area (Å²) in [6.07, 6.45) is 5.08. The van der Waals surface area contributed by atoms with Crippen LogP contribution in [0.3, 0.4) is 0 Å². The van der Waals surface area contributed by atoms with Gasteiger partial charge in [-0.1, -0.05) is 44.5 Å². The maximum absolute atomic E-state index is 15.6. The van der Waals surface area contributed by atoms with E-state index >= 15 is 8.78 Å². The van der Waals surface area contributed by atoms with E-state index in [2.05, 4.69) is 10.3 Å². The normalized spacial score (nSPS) is 19.2. The molecule has 0 radical (unpaired) electrons. The maximum atomic E-state index is 15.6. The highest BCUT2D eigenvalue weighted by atomic mass is 19.3. The van der Waals surface area contributed by atoms with Crippen molar-refractivity contribution >= 4 is 5.97 Å². The summed E-state index contributed by atoms with van der Waals surface area (Å²) >= 11 is 0. The number of benzene rings is 1. The molecule has 32 heavy (non-hydrogen) atoms. The first-order valence-corrected chi connectivity index (χ1v) is 11.9. The Morgan fingerprint density at radius 2 is 1.84 bits per heavy atom. The summed E-state index contributed by atoms with van der Waals surface area (Å²) in [4.78, 5) is 12.3. The predicted molar refractivity (Wildman–Crippen MR) is 120 cm³/mol. The van der Waals surface area contributed by atoms with Gasteiger partial charge in [-0.3, -0.25) is 0 Å². The van der Waals surface area contributed by atoms with Gasteiger partial charge in [-0.2, -0.15) is 8.78 Å². The van der Waals surface area contributed by atoms with Crippen molar-refractivity contribution in [2.24, 2.45) is 5.92 Å². The minimum absolute atomic E-state index is 0.0484. The molecular formula is C25H35F2N3O2. The standard InChI is InChI=1S/C25H35F2N3O2/c1-5-17(4)30-22-11-9-8-10-20(25(26,27)23(22)28-29-30)16-18-12-14-19(15-13-18)24(31)32-21(6-2)7-3/h12-15,17,20-21H,5-11,16H2,1-4H3. The van der Waals surface area contributed by atoms with Crippen LogP contribution in [0.1, 0.15) is 99.6 Å². The molecule has 0 fully saturated rings. The zero-order chi connectivity index (χ0) is 23.3. The molecule has 1 heterocycles. The molecule has 3 rings (SSSR count). The number of carbonyl (C=O) groups excluding carboxylic acids is 1. The van der Waals surface area contributed by atoms with Crippen LogP contribution in [0.2, 0.25) is 0 Å². The third-order valence-electron chi connectivity index (χ3n) is 6.70. The van der Waals surface area contributed by atoms with Gasteiger partial charge in [-0.25, -0.2) is 9.48 Å². The fourth-order valence-corrected chi connectivity index (χ4v) is 4.36. The van der Waals surface area contributed by atoms with Gasteiger partial charge in [0.2, 0.25) is 0 Å². The lowest BCUT2D eigenvalue weighted by Gasteiger charge is -2.29. The number of hydrogen-bond donors (Lipinski definition) is 0. The summed E-state index contributed by atoms with van der Waals surface area (Å²) in [5.41, 5.74) is 1.65. The molecule has 0 amide bonds. The maximum Gasteiger partial charge on any atom is 0.338 e. The van der Waals surface area contributed by atoms with Crippen molar-refractivity contribution in [1.29, 1.82) is 0 Å². The summed E-state index contributed by atoms with van der Waals surface area (Å²) in [6, 6.07) is 6.91. The molecule has 1 aliphatic rings. The second kappa shape index (κ2) is 10.5. The molecule has 2 aromatic rings. The van der Waals surface area contributed by atoms with Crippen molar-refractivity contribution in [3.05, 3.63) is 46.8 Å². The van der Waals surface area contributed by atoms with Crippen LogP contribution in [0.25, 0.3) is 0 Å². The first kappa shape index (κ1) is 24.3. The van der Waals surface area contributed by atoms with Gasteiger partial charge in [0.15, 0.2) is 5.69 Å². The molecule has 176 valence electrons. The third kappa shape index (κ3) is 5.18. The van der Waals surface area contributed by atoms with E-state index in [0.717, 1.165) is 37.7 Å². The van der Waals surface area contributed by atoms with E-state index in [-0.39, 0.29) is 30.2 Å². The molecule has 1 aromatic heterocycles. The van der Waals surface area contributed by atoms with Gasteiger partial charge in [0, 0.05) is 5.92 Å². The van der Waals surface area contributed by atoms with Gasteiger partial charge in [-0.15, -0.1) is 5.10 Å². The average Bonchev–Trinajstić information content (AvgIpc) is 3.22. The van der Waals surface area contributed by atoms with Gasteiger partial charge in [0.25, 0.3) is 5.92 Å². The van der Waals surface area contributed by atoms with Crippen LogP contribution in [0.15, 0.2) is 24.3 Å². The topological polar surface area (TPSA) is 57.0 Å². The van der Waals surface area contributed by atoms with Crippen LogP contribution in [-0.4, -0.2) is 27.1 Å². The molecule has 5 nitrogen and oxygen atoms in total. The lowest BCUT2D eigenvalue weighted by atomic mass is 9.83.